The first-order valence-corrected chi connectivity index (χ1v) is 7.85. The van der Waals surface area contributed by atoms with Crippen LogP contribution in [-0.2, 0) is 5.75 Å². The molecule has 0 aliphatic rings. The van der Waals surface area contributed by atoms with Gasteiger partial charge in [-0.25, -0.2) is 0 Å². The van der Waals surface area contributed by atoms with Crippen LogP contribution in [-0.4, -0.2) is 10.2 Å². The van der Waals surface area contributed by atoms with Crippen molar-refractivity contribution in [1.82, 2.24) is 10.2 Å². The van der Waals surface area contributed by atoms with Gasteiger partial charge in [-0.05, 0) is 30.7 Å². The van der Waals surface area contributed by atoms with Crippen LogP contribution in [0.15, 0.2) is 58.2 Å². The maximum absolute atomic E-state index is 5.96. The lowest BCUT2D eigenvalue weighted by Gasteiger charge is -1.99. The second kappa shape index (κ2) is 6.33. The first-order valence-electron chi connectivity index (χ1n) is 6.48. The zero-order valence-corrected chi connectivity index (χ0v) is 13.0. The molecule has 2 aromatic carbocycles. The van der Waals surface area contributed by atoms with Gasteiger partial charge in [-0.1, -0.05) is 59.3 Å². The Labute approximate surface area is 132 Å². The largest absolute Gasteiger partial charge is 0.411 e. The summed E-state index contributed by atoms with van der Waals surface area (Å²) >= 11 is 7.49. The number of aryl methyl sites for hydroxylation is 1. The van der Waals surface area contributed by atoms with Crippen molar-refractivity contribution in [2.45, 2.75) is 17.9 Å². The van der Waals surface area contributed by atoms with Crippen molar-refractivity contribution in [1.29, 1.82) is 0 Å². The van der Waals surface area contributed by atoms with E-state index < -0.39 is 0 Å². The average Bonchev–Trinajstić information content (AvgIpc) is 2.96. The highest BCUT2D eigenvalue weighted by Gasteiger charge is 2.09. The molecule has 0 fully saturated rings. The molecule has 0 aliphatic heterocycles. The van der Waals surface area contributed by atoms with Gasteiger partial charge in [-0.3, -0.25) is 0 Å². The molecule has 0 N–H and O–H groups in total. The van der Waals surface area contributed by atoms with Crippen molar-refractivity contribution in [3.05, 3.63) is 64.7 Å². The van der Waals surface area contributed by atoms with Crippen LogP contribution in [0.25, 0.3) is 11.5 Å². The maximum Gasteiger partial charge on any atom is 0.277 e. The summed E-state index contributed by atoms with van der Waals surface area (Å²) in [6, 6.07) is 15.8. The van der Waals surface area contributed by atoms with Crippen LogP contribution in [0, 0.1) is 6.92 Å². The third-order valence-corrected chi connectivity index (χ3v) is 4.09. The smallest absolute Gasteiger partial charge is 0.277 e. The molecule has 0 aliphatic carbocycles. The number of rotatable bonds is 4. The lowest BCUT2D eigenvalue weighted by Crippen LogP contribution is -1.81. The third kappa shape index (κ3) is 3.65. The van der Waals surface area contributed by atoms with E-state index in [0.29, 0.717) is 16.1 Å². The summed E-state index contributed by atoms with van der Waals surface area (Å²) in [6.45, 7) is 2.08. The van der Waals surface area contributed by atoms with Gasteiger partial charge in [0.1, 0.15) is 0 Å². The average molecular weight is 317 g/mol. The van der Waals surface area contributed by atoms with Gasteiger partial charge in [0.05, 0.1) is 0 Å². The van der Waals surface area contributed by atoms with E-state index in [9.17, 15) is 0 Å². The van der Waals surface area contributed by atoms with Crippen molar-refractivity contribution in [2.24, 2.45) is 0 Å². The van der Waals surface area contributed by atoms with Crippen molar-refractivity contribution in [3.63, 3.8) is 0 Å². The van der Waals surface area contributed by atoms with Crippen LogP contribution >= 0.6 is 23.4 Å². The van der Waals surface area contributed by atoms with E-state index in [4.69, 9.17) is 16.0 Å². The summed E-state index contributed by atoms with van der Waals surface area (Å²) in [6.07, 6.45) is 0. The highest BCUT2D eigenvalue weighted by atomic mass is 35.5. The van der Waals surface area contributed by atoms with Crippen molar-refractivity contribution in [2.75, 3.05) is 0 Å². The van der Waals surface area contributed by atoms with E-state index in [2.05, 4.69) is 41.4 Å². The van der Waals surface area contributed by atoms with Gasteiger partial charge < -0.3 is 4.42 Å². The monoisotopic (exact) mass is 316 g/mol. The first kappa shape index (κ1) is 14.2. The summed E-state index contributed by atoms with van der Waals surface area (Å²) < 4.78 is 5.65. The molecule has 5 heteroatoms. The number of thioether (sulfide) groups is 1. The molecular formula is C16H13ClN2OS. The van der Waals surface area contributed by atoms with E-state index in [1.807, 2.05) is 24.3 Å². The molecule has 106 valence electrons. The molecule has 3 rings (SSSR count). The number of hydrogen-bond donors (Lipinski definition) is 0. The Morgan fingerprint density at radius 3 is 2.67 bits per heavy atom. The Morgan fingerprint density at radius 1 is 1.10 bits per heavy atom. The minimum Gasteiger partial charge on any atom is -0.411 e. The van der Waals surface area contributed by atoms with E-state index in [1.165, 1.54) is 22.9 Å². The number of nitrogens with zero attached hydrogens (tertiary/aromatic N) is 2. The van der Waals surface area contributed by atoms with Gasteiger partial charge in [0, 0.05) is 16.3 Å². The van der Waals surface area contributed by atoms with Crippen molar-refractivity contribution < 1.29 is 4.42 Å². The Kier molecular flexibility index (Phi) is 4.27. The minimum atomic E-state index is 0.490. The quantitative estimate of drug-likeness (QED) is 0.636. The lowest BCUT2D eigenvalue weighted by atomic mass is 10.2. The van der Waals surface area contributed by atoms with Crippen LogP contribution in [0.5, 0.6) is 0 Å². The number of halogens is 1. The van der Waals surface area contributed by atoms with Crippen molar-refractivity contribution >= 4 is 23.4 Å². The maximum atomic E-state index is 5.96. The van der Waals surface area contributed by atoms with Gasteiger partial charge in [-0.15, -0.1) is 10.2 Å². The summed E-state index contributed by atoms with van der Waals surface area (Å²) in [5.74, 6) is 1.29. The van der Waals surface area contributed by atoms with Gasteiger partial charge >= 0.3 is 0 Å². The van der Waals surface area contributed by atoms with E-state index >= 15 is 0 Å². The number of hydrogen-bond acceptors (Lipinski definition) is 4. The number of benzene rings is 2. The second-order valence-electron chi connectivity index (χ2n) is 4.66. The van der Waals surface area contributed by atoms with Gasteiger partial charge in [0.15, 0.2) is 0 Å². The minimum absolute atomic E-state index is 0.490. The van der Waals surface area contributed by atoms with E-state index in [-0.39, 0.29) is 0 Å². The van der Waals surface area contributed by atoms with E-state index in [0.717, 1.165) is 11.3 Å². The van der Waals surface area contributed by atoms with Crippen LogP contribution in [0.2, 0.25) is 5.02 Å². The molecule has 0 unspecified atom stereocenters. The second-order valence-corrected chi connectivity index (χ2v) is 6.02. The Hall–Kier alpha value is -1.78. The summed E-state index contributed by atoms with van der Waals surface area (Å²) in [7, 11) is 0. The summed E-state index contributed by atoms with van der Waals surface area (Å²) in [4.78, 5) is 0. The summed E-state index contributed by atoms with van der Waals surface area (Å²) in [5, 5.41) is 9.33. The molecule has 3 aromatic rings. The molecule has 0 amide bonds. The third-order valence-electron chi connectivity index (χ3n) is 2.96. The van der Waals surface area contributed by atoms with Gasteiger partial charge in [0.2, 0.25) is 5.89 Å². The predicted molar refractivity (Wildman–Crippen MR) is 85.5 cm³/mol. The fourth-order valence-corrected chi connectivity index (χ4v) is 2.74. The zero-order chi connectivity index (χ0) is 14.7. The molecule has 1 aromatic heterocycles. The molecule has 3 nitrogen and oxygen atoms in total. The van der Waals surface area contributed by atoms with Gasteiger partial charge in [0.25, 0.3) is 5.22 Å². The van der Waals surface area contributed by atoms with Crippen LogP contribution < -0.4 is 0 Å². The van der Waals surface area contributed by atoms with Crippen molar-refractivity contribution in [3.8, 4) is 11.5 Å². The Morgan fingerprint density at radius 2 is 1.90 bits per heavy atom. The van der Waals surface area contributed by atoms with E-state index in [1.54, 1.807) is 0 Å². The lowest BCUT2D eigenvalue weighted by molar-refractivity contribution is 0.466. The van der Waals surface area contributed by atoms with Crippen LogP contribution in [0.4, 0.5) is 0 Å². The number of aromatic nitrogens is 2. The SMILES string of the molecule is Cc1ccc(CSc2nnc(-c3cccc(Cl)c3)o2)cc1. The summed E-state index contributed by atoms with van der Waals surface area (Å²) in [5.41, 5.74) is 3.31. The Bertz CT molecular complexity index is 740. The molecule has 21 heavy (non-hydrogen) atoms. The van der Waals surface area contributed by atoms with Crippen LogP contribution in [0.3, 0.4) is 0 Å². The molecule has 0 radical (unpaired) electrons. The topological polar surface area (TPSA) is 38.9 Å². The highest BCUT2D eigenvalue weighted by molar-refractivity contribution is 7.98. The predicted octanol–water partition coefficient (Wildman–Crippen LogP) is 4.99. The fraction of sp³-hybridized carbons (Fsp3) is 0.125. The standard InChI is InChI=1S/C16H13ClN2OS/c1-11-5-7-12(8-6-11)10-21-16-19-18-15(20-16)13-3-2-4-14(17)9-13/h2-9H,10H2,1H3. The normalized spacial score (nSPS) is 10.8. The molecule has 0 saturated heterocycles. The zero-order valence-electron chi connectivity index (χ0n) is 11.4. The molecule has 0 spiro atoms. The molecule has 0 bridgehead atoms. The molecule has 1 heterocycles. The highest BCUT2D eigenvalue weighted by Crippen LogP contribution is 2.26. The van der Waals surface area contributed by atoms with Crippen LogP contribution in [0.1, 0.15) is 11.1 Å². The fourth-order valence-electron chi connectivity index (χ4n) is 1.84. The molecular weight excluding hydrogens is 304 g/mol. The first-order chi connectivity index (χ1) is 10.2. The van der Waals surface area contributed by atoms with Gasteiger partial charge in [-0.2, -0.15) is 0 Å². The molecule has 0 atom stereocenters. The Balaban J connectivity index is 1.69. The molecule has 0 saturated carbocycles.